The second-order valence-corrected chi connectivity index (χ2v) is 8.11. The molecule has 11 heteroatoms. The molecule has 0 aromatic rings. The van der Waals surface area contributed by atoms with Crippen LogP contribution in [0.25, 0.3) is 0 Å². The van der Waals surface area contributed by atoms with Gasteiger partial charge in [0.2, 0.25) is 0 Å². The van der Waals surface area contributed by atoms with Crippen molar-refractivity contribution < 1.29 is 52.5 Å². The monoisotopic (exact) mass is 540 g/mol. The molecule has 0 heterocycles. The number of carboxylic acid groups (broad SMARTS) is 1. The molecule has 37 heavy (non-hydrogen) atoms. The highest BCUT2D eigenvalue weighted by Gasteiger charge is 1.97. The fraction of sp³-hybridized carbons (Fsp3) is 0.962. The minimum atomic E-state index is -0.990. The molecule has 0 aromatic carbocycles. The van der Waals surface area contributed by atoms with E-state index < -0.39 is 5.97 Å². The van der Waals surface area contributed by atoms with Gasteiger partial charge in [0.15, 0.2) is 0 Å². The smallest absolute Gasteiger partial charge is 0.329 e. The number of unbranched alkanes of at least 4 members (excludes halogenated alkanes) is 5. The van der Waals surface area contributed by atoms with Crippen LogP contribution >= 0.6 is 0 Å². The van der Waals surface area contributed by atoms with E-state index in [9.17, 15) is 4.79 Å². The van der Waals surface area contributed by atoms with Crippen molar-refractivity contribution >= 4 is 5.97 Å². The van der Waals surface area contributed by atoms with Crippen LogP contribution in [0.1, 0.15) is 45.4 Å². The van der Waals surface area contributed by atoms with E-state index in [0.717, 1.165) is 13.0 Å². The average molecular weight is 541 g/mol. The van der Waals surface area contributed by atoms with Crippen molar-refractivity contribution in [2.24, 2.45) is 0 Å². The molecule has 0 saturated carbocycles. The van der Waals surface area contributed by atoms with Crippen LogP contribution in [-0.4, -0.2) is 130 Å². The summed E-state index contributed by atoms with van der Waals surface area (Å²) < 4.78 is 48.3. The number of hydrogen-bond donors (Lipinski definition) is 1. The van der Waals surface area contributed by atoms with E-state index in [1.54, 1.807) is 0 Å². The predicted molar refractivity (Wildman–Crippen MR) is 138 cm³/mol. The van der Waals surface area contributed by atoms with Crippen LogP contribution in [0.2, 0.25) is 0 Å². The summed E-state index contributed by atoms with van der Waals surface area (Å²) in [6.45, 7) is 10.6. The number of aliphatic carboxylic acids is 1. The first-order chi connectivity index (χ1) is 18.3. The van der Waals surface area contributed by atoms with E-state index in [1.165, 1.54) is 32.1 Å². The Bertz CT molecular complexity index is 441. The van der Waals surface area contributed by atoms with Crippen molar-refractivity contribution in [2.45, 2.75) is 45.4 Å². The first-order valence-corrected chi connectivity index (χ1v) is 13.7. The molecule has 1 N–H and O–H groups in total. The van der Waals surface area contributed by atoms with Crippen molar-refractivity contribution in [1.82, 2.24) is 0 Å². The number of hydrogen-bond acceptors (Lipinski definition) is 10. The highest BCUT2D eigenvalue weighted by Crippen LogP contribution is 2.04. The molecule has 0 spiro atoms. The Morgan fingerprint density at radius 1 is 0.405 bits per heavy atom. The molecule has 0 aliphatic rings. The van der Waals surface area contributed by atoms with Crippen LogP contribution in [-0.2, 0) is 47.4 Å². The summed E-state index contributed by atoms with van der Waals surface area (Å²) in [6, 6.07) is 0. The SMILES string of the molecule is CCCCCCCCOCCOCCOCCOCCOCCOCCOCCOCCOCC(=O)O. The van der Waals surface area contributed by atoms with Crippen LogP contribution in [0, 0.1) is 0 Å². The molecular weight excluding hydrogens is 488 g/mol. The first kappa shape index (κ1) is 36.1. The van der Waals surface area contributed by atoms with Crippen molar-refractivity contribution in [3.8, 4) is 0 Å². The lowest BCUT2D eigenvalue weighted by Gasteiger charge is -2.09. The van der Waals surface area contributed by atoms with Crippen LogP contribution in [0.4, 0.5) is 0 Å². The summed E-state index contributed by atoms with van der Waals surface area (Å²) in [6.07, 6.45) is 7.66. The quantitative estimate of drug-likeness (QED) is 0.124. The average Bonchev–Trinajstić information content (AvgIpc) is 2.89. The summed E-state index contributed by atoms with van der Waals surface area (Å²) in [7, 11) is 0. The minimum Gasteiger partial charge on any atom is -0.480 e. The maximum absolute atomic E-state index is 10.2. The van der Waals surface area contributed by atoms with Crippen molar-refractivity contribution in [3.05, 3.63) is 0 Å². The summed E-state index contributed by atoms with van der Waals surface area (Å²) in [5, 5.41) is 8.40. The lowest BCUT2D eigenvalue weighted by molar-refractivity contribution is -0.142. The predicted octanol–water partition coefficient (Wildman–Crippen LogP) is 2.58. The Hall–Kier alpha value is -0.890. The molecule has 0 rings (SSSR count). The zero-order chi connectivity index (χ0) is 26.9. The van der Waals surface area contributed by atoms with Gasteiger partial charge in [0.1, 0.15) is 6.61 Å². The molecule has 0 unspecified atom stereocenters. The summed E-state index contributed by atoms with van der Waals surface area (Å²) in [4.78, 5) is 10.2. The highest BCUT2D eigenvalue weighted by atomic mass is 16.6. The Labute approximate surface area is 223 Å². The van der Waals surface area contributed by atoms with Crippen LogP contribution in [0.15, 0.2) is 0 Å². The molecule has 0 aliphatic heterocycles. The van der Waals surface area contributed by atoms with Crippen molar-refractivity contribution in [1.29, 1.82) is 0 Å². The minimum absolute atomic E-state index is 0.250. The number of carboxylic acids is 1. The zero-order valence-corrected chi connectivity index (χ0v) is 23.0. The number of ether oxygens (including phenoxy) is 9. The first-order valence-electron chi connectivity index (χ1n) is 13.7. The summed E-state index contributed by atoms with van der Waals surface area (Å²) >= 11 is 0. The summed E-state index contributed by atoms with van der Waals surface area (Å²) in [5.41, 5.74) is 0. The Kier molecular flexibility index (Phi) is 32.3. The van der Waals surface area contributed by atoms with E-state index in [0.29, 0.717) is 99.1 Å². The Morgan fingerprint density at radius 3 is 1.00 bits per heavy atom. The van der Waals surface area contributed by atoms with E-state index in [4.69, 9.17) is 47.7 Å². The lowest BCUT2D eigenvalue weighted by Crippen LogP contribution is -2.15. The normalized spacial score (nSPS) is 11.4. The van der Waals surface area contributed by atoms with Gasteiger partial charge in [-0.2, -0.15) is 0 Å². The van der Waals surface area contributed by atoms with Crippen molar-refractivity contribution in [3.63, 3.8) is 0 Å². The van der Waals surface area contributed by atoms with E-state index in [2.05, 4.69) is 6.92 Å². The molecule has 0 amide bonds. The van der Waals surface area contributed by atoms with Gasteiger partial charge in [-0.15, -0.1) is 0 Å². The number of carbonyl (C=O) groups is 1. The molecule has 0 aliphatic carbocycles. The fourth-order valence-electron chi connectivity index (χ4n) is 2.90. The molecule has 0 atom stereocenters. The summed E-state index contributed by atoms with van der Waals surface area (Å²) in [5.74, 6) is -0.990. The topological polar surface area (TPSA) is 120 Å². The molecule has 0 fully saturated rings. The zero-order valence-electron chi connectivity index (χ0n) is 23.0. The van der Waals surface area contributed by atoms with E-state index in [1.807, 2.05) is 0 Å². The van der Waals surface area contributed by atoms with Gasteiger partial charge >= 0.3 is 5.97 Å². The molecule has 0 aromatic heterocycles. The third-order valence-corrected chi connectivity index (χ3v) is 4.84. The van der Waals surface area contributed by atoms with Crippen molar-refractivity contribution in [2.75, 3.05) is 119 Å². The standard InChI is InChI=1S/C26H52O11/c1-2-3-4-5-6-7-8-29-9-10-30-11-12-31-13-14-32-15-16-33-17-18-34-19-20-35-21-22-36-23-24-37-25-26(27)28/h2-25H2,1H3,(H,27,28). The third-order valence-electron chi connectivity index (χ3n) is 4.84. The van der Waals surface area contributed by atoms with Gasteiger partial charge in [0.05, 0.1) is 106 Å². The van der Waals surface area contributed by atoms with Gasteiger partial charge in [0, 0.05) is 6.61 Å². The molecular formula is C26H52O11. The molecule has 0 radical (unpaired) electrons. The van der Waals surface area contributed by atoms with Crippen LogP contribution in [0.5, 0.6) is 0 Å². The highest BCUT2D eigenvalue weighted by molar-refractivity contribution is 5.67. The maximum atomic E-state index is 10.2. The van der Waals surface area contributed by atoms with Gasteiger partial charge in [-0.25, -0.2) is 4.79 Å². The fourth-order valence-corrected chi connectivity index (χ4v) is 2.90. The van der Waals surface area contributed by atoms with E-state index in [-0.39, 0.29) is 13.2 Å². The van der Waals surface area contributed by atoms with Gasteiger partial charge in [-0.05, 0) is 6.42 Å². The van der Waals surface area contributed by atoms with Crippen LogP contribution < -0.4 is 0 Å². The van der Waals surface area contributed by atoms with Gasteiger partial charge < -0.3 is 47.7 Å². The lowest BCUT2D eigenvalue weighted by atomic mass is 10.1. The maximum Gasteiger partial charge on any atom is 0.329 e. The molecule has 0 bridgehead atoms. The molecule has 0 saturated heterocycles. The Balaban J connectivity index is 3.02. The van der Waals surface area contributed by atoms with Gasteiger partial charge in [-0.3, -0.25) is 0 Å². The van der Waals surface area contributed by atoms with Crippen LogP contribution in [0.3, 0.4) is 0 Å². The Morgan fingerprint density at radius 2 is 0.676 bits per heavy atom. The van der Waals surface area contributed by atoms with Gasteiger partial charge in [-0.1, -0.05) is 39.0 Å². The van der Waals surface area contributed by atoms with Gasteiger partial charge in [0.25, 0.3) is 0 Å². The molecule has 11 nitrogen and oxygen atoms in total. The number of rotatable bonds is 33. The second-order valence-electron chi connectivity index (χ2n) is 8.11. The van der Waals surface area contributed by atoms with E-state index >= 15 is 0 Å². The third kappa shape index (κ3) is 35.1. The second kappa shape index (κ2) is 33.1. The largest absolute Gasteiger partial charge is 0.480 e. The molecule has 222 valence electrons.